The SMILES string of the molecule is O=C(CCCc1ccccc1)NCCc1csc(-c2ccc(F)cc2)n1. The zero-order chi connectivity index (χ0) is 18.2. The average molecular weight is 368 g/mol. The molecule has 3 aromatic rings. The maximum Gasteiger partial charge on any atom is 0.220 e. The molecule has 1 amide bonds. The van der Waals surface area contributed by atoms with Gasteiger partial charge in [-0.1, -0.05) is 30.3 Å². The molecule has 0 aliphatic rings. The van der Waals surface area contributed by atoms with Crippen LogP contribution in [0, 0.1) is 5.82 Å². The first-order valence-electron chi connectivity index (χ1n) is 8.72. The Kier molecular flexibility index (Phi) is 6.50. The van der Waals surface area contributed by atoms with Crippen LogP contribution in [0.4, 0.5) is 4.39 Å². The van der Waals surface area contributed by atoms with Crippen LogP contribution in [-0.4, -0.2) is 17.4 Å². The number of carbonyl (C=O) groups is 1. The summed E-state index contributed by atoms with van der Waals surface area (Å²) in [4.78, 5) is 16.5. The first kappa shape index (κ1) is 18.3. The Bertz CT molecular complexity index is 831. The van der Waals surface area contributed by atoms with Crippen molar-refractivity contribution in [3.05, 3.63) is 77.1 Å². The maximum absolute atomic E-state index is 13.0. The topological polar surface area (TPSA) is 42.0 Å². The third-order valence-electron chi connectivity index (χ3n) is 4.06. The molecular formula is C21H21FN2OS. The molecule has 2 aromatic carbocycles. The standard InChI is InChI=1S/C21H21FN2OS/c22-18-11-9-17(10-12-18)21-24-19(15-26-21)13-14-23-20(25)8-4-7-16-5-2-1-3-6-16/h1-3,5-6,9-12,15H,4,7-8,13-14H2,(H,23,25). The lowest BCUT2D eigenvalue weighted by Crippen LogP contribution is -2.25. The number of rotatable bonds is 8. The highest BCUT2D eigenvalue weighted by molar-refractivity contribution is 7.13. The van der Waals surface area contributed by atoms with Crippen molar-refractivity contribution in [2.75, 3.05) is 6.54 Å². The Morgan fingerprint density at radius 1 is 1.04 bits per heavy atom. The normalized spacial score (nSPS) is 10.7. The number of hydrogen-bond acceptors (Lipinski definition) is 3. The number of amides is 1. The van der Waals surface area contributed by atoms with Crippen LogP contribution in [0.15, 0.2) is 60.0 Å². The minimum Gasteiger partial charge on any atom is -0.356 e. The second kappa shape index (κ2) is 9.25. The van der Waals surface area contributed by atoms with E-state index in [2.05, 4.69) is 22.4 Å². The molecule has 1 heterocycles. The molecule has 0 radical (unpaired) electrons. The first-order valence-corrected chi connectivity index (χ1v) is 9.59. The number of nitrogens with one attached hydrogen (secondary N) is 1. The number of halogens is 1. The Morgan fingerprint density at radius 3 is 2.58 bits per heavy atom. The lowest BCUT2D eigenvalue weighted by Gasteiger charge is -2.04. The zero-order valence-corrected chi connectivity index (χ0v) is 15.3. The Labute approximate surface area is 156 Å². The van der Waals surface area contributed by atoms with E-state index in [1.807, 2.05) is 23.6 Å². The third kappa shape index (κ3) is 5.49. The lowest BCUT2D eigenvalue weighted by molar-refractivity contribution is -0.121. The summed E-state index contributed by atoms with van der Waals surface area (Å²) in [6.45, 7) is 0.580. The molecule has 1 N–H and O–H groups in total. The number of aromatic nitrogens is 1. The summed E-state index contributed by atoms with van der Waals surface area (Å²) in [6, 6.07) is 16.5. The van der Waals surface area contributed by atoms with Crippen molar-refractivity contribution in [3.8, 4) is 10.6 Å². The van der Waals surface area contributed by atoms with Gasteiger partial charge in [0, 0.05) is 30.3 Å². The average Bonchev–Trinajstić information content (AvgIpc) is 3.12. The summed E-state index contributed by atoms with van der Waals surface area (Å²) in [6.07, 6.45) is 3.00. The maximum atomic E-state index is 13.0. The predicted molar refractivity (Wildman–Crippen MR) is 104 cm³/mol. The van der Waals surface area contributed by atoms with E-state index in [0.29, 0.717) is 19.4 Å². The number of aryl methyl sites for hydroxylation is 1. The molecule has 1 aromatic heterocycles. The summed E-state index contributed by atoms with van der Waals surface area (Å²) < 4.78 is 13.0. The Morgan fingerprint density at radius 2 is 1.81 bits per heavy atom. The second-order valence-electron chi connectivity index (χ2n) is 6.09. The number of nitrogens with zero attached hydrogens (tertiary/aromatic N) is 1. The quantitative estimate of drug-likeness (QED) is 0.630. The molecule has 0 saturated carbocycles. The van der Waals surface area contributed by atoms with Gasteiger partial charge in [0.1, 0.15) is 10.8 Å². The molecule has 26 heavy (non-hydrogen) atoms. The molecule has 0 unspecified atom stereocenters. The summed E-state index contributed by atoms with van der Waals surface area (Å²) in [5.74, 6) is -0.171. The van der Waals surface area contributed by atoms with Gasteiger partial charge < -0.3 is 5.32 Å². The van der Waals surface area contributed by atoms with Gasteiger partial charge in [0.05, 0.1) is 5.69 Å². The lowest BCUT2D eigenvalue weighted by atomic mass is 10.1. The Hall–Kier alpha value is -2.53. The monoisotopic (exact) mass is 368 g/mol. The summed E-state index contributed by atoms with van der Waals surface area (Å²) in [7, 11) is 0. The number of benzene rings is 2. The highest BCUT2D eigenvalue weighted by Crippen LogP contribution is 2.23. The van der Waals surface area contributed by atoms with Gasteiger partial charge in [0.2, 0.25) is 5.91 Å². The highest BCUT2D eigenvalue weighted by Gasteiger charge is 2.06. The van der Waals surface area contributed by atoms with Crippen molar-refractivity contribution < 1.29 is 9.18 Å². The minimum atomic E-state index is -0.250. The molecule has 0 bridgehead atoms. The molecule has 0 fully saturated rings. The van der Waals surface area contributed by atoms with E-state index in [1.165, 1.54) is 29.0 Å². The van der Waals surface area contributed by atoms with Crippen molar-refractivity contribution in [3.63, 3.8) is 0 Å². The number of carbonyl (C=O) groups excluding carboxylic acids is 1. The molecule has 0 atom stereocenters. The molecule has 0 aliphatic carbocycles. The van der Waals surface area contributed by atoms with Gasteiger partial charge in [-0.05, 0) is 42.7 Å². The summed E-state index contributed by atoms with van der Waals surface area (Å²) in [5.41, 5.74) is 3.11. The molecule has 5 heteroatoms. The minimum absolute atomic E-state index is 0.0786. The van der Waals surface area contributed by atoms with Crippen LogP contribution in [-0.2, 0) is 17.6 Å². The summed E-state index contributed by atoms with van der Waals surface area (Å²) in [5, 5.41) is 5.81. The molecule has 134 valence electrons. The van der Waals surface area contributed by atoms with Crippen molar-refractivity contribution in [1.29, 1.82) is 0 Å². The summed E-state index contributed by atoms with van der Waals surface area (Å²) >= 11 is 1.53. The fourth-order valence-corrected chi connectivity index (χ4v) is 3.52. The molecule has 3 rings (SSSR count). The van der Waals surface area contributed by atoms with Crippen molar-refractivity contribution >= 4 is 17.2 Å². The Balaban J connectivity index is 1.38. The van der Waals surface area contributed by atoms with Gasteiger partial charge in [-0.3, -0.25) is 4.79 Å². The molecule has 3 nitrogen and oxygen atoms in total. The van der Waals surface area contributed by atoms with E-state index in [9.17, 15) is 9.18 Å². The van der Waals surface area contributed by atoms with Gasteiger partial charge in [0.25, 0.3) is 0 Å². The van der Waals surface area contributed by atoms with E-state index in [-0.39, 0.29) is 11.7 Å². The van der Waals surface area contributed by atoms with Gasteiger partial charge in [-0.2, -0.15) is 0 Å². The fraction of sp³-hybridized carbons (Fsp3) is 0.238. The van der Waals surface area contributed by atoms with Gasteiger partial charge in [0.15, 0.2) is 0 Å². The smallest absolute Gasteiger partial charge is 0.220 e. The first-order chi connectivity index (χ1) is 12.7. The van der Waals surface area contributed by atoms with E-state index < -0.39 is 0 Å². The van der Waals surface area contributed by atoms with Crippen LogP contribution in [0.25, 0.3) is 10.6 Å². The fourth-order valence-electron chi connectivity index (χ4n) is 2.66. The largest absolute Gasteiger partial charge is 0.356 e. The molecule has 0 saturated heterocycles. The predicted octanol–water partition coefficient (Wildman–Crippen LogP) is 4.63. The third-order valence-corrected chi connectivity index (χ3v) is 5.00. The molecule has 0 spiro atoms. The number of thiazole rings is 1. The van der Waals surface area contributed by atoms with Crippen LogP contribution < -0.4 is 5.32 Å². The van der Waals surface area contributed by atoms with Crippen molar-refractivity contribution in [2.24, 2.45) is 0 Å². The van der Waals surface area contributed by atoms with Gasteiger partial charge >= 0.3 is 0 Å². The van der Waals surface area contributed by atoms with Crippen molar-refractivity contribution in [2.45, 2.75) is 25.7 Å². The van der Waals surface area contributed by atoms with Gasteiger partial charge in [-0.25, -0.2) is 9.37 Å². The van der Waals surface area contributed by atoms with Crippen LogP contribution >= 0.6 is 11.3 Å². The van der Waals surface area contributed by atoms with Gasteiger partial charge in [-0.15, -0.1) is 11.3 Å². The zero-order valence-electron chi connectivity index (χ0n) is 14.5. The number of hydrogen-bond donors (Lipinski definition) is 1. The molecular weight excluding hydrogens is 347 g/mol. The van der Waals surface area contributed by atoms with Crippen molar-refractivity contribution in [1.82, 2.24) is 10.3 Å². The van der Waals surface area contributed by atoms with Crippen LogP contribution in [0.1, 0.15) is 24.1 Å². The van der Waals surface area contributed by atoms with Crippen LogP contribution in [0.5, 0.6) is 0 Å². The van der Waals surface area contributed by atoms with Crippen LogP contribution in [0.3, 0.4) is 0 Å². The highest BCUT2D eigenvalue weighted by atomic mass is 32.1. The van der Waals surface area contributed by atoms with E-state index in [1.54, 1.807) is 12.1 Å². The van der Waals surface area contributed by atoms with Crippen LogP contribution in [0.2, 0.25) is 0 Å². The van der Waals surface area contributed by atoms with E-state index in [0.717, 1.165) is 29.1 Å². The molecule has 0 aliphatic heterocycles. The second-order valence-corrected chi connectivity index (χ2v) is 6.95. The van der Waals surface area contributed by atoms with E-state index >= 15 is 0 Å². The van der Waals surface area contributed by atoms with E-state index in [4.69, 9.17) is 0 Å².